The van der Waals surface area contributed by atoms with Gasteiger partial charge in [0.25, 0.3) is 0 Å². The molecule has 1 amide bonds. The zero-order valence-electron chi connectivity index (χ0n) is 13.3. The van der Waals surface area contributed by atoms with E-state index in [1.807, 2.05) is 30.3 Å². The molecule has 0 spiro atoms. The second kappa shape index (κ2) is 6.82. The lowest BCUT2D eigenvalue weighted by atomic mass is 9.83. The van der Waals surface area contributed by atoms with E-state index < -0.39 is 18.0 Å². The molecule has 2 N–H and O–H groups in total. The average Bonchev–Trinajstić information content (AvgIpc) is 2.82. The SMILES string of the molecule is CC(Sc1ccccc1)S[C@@H]1C=C(C(=O)O)N2C(=O)[C@H]([C@@H](C)O)[C@@H]12. The molecule has 1 unspecified atom stereocenters. The van der Waals surface area contributed by atoms with E-state index in [4.69, 9.17) is 0 Å². The monoisotopic (exact) mass is 365 g/mol. The lowest BCUT2D eigenvalue weighted by Crippen LogP contribution is -2.64. The fourth-order valence-electron chi connectivity index (χ4n) is 3.22. The molecule has 2 aliphatic rings. The number of aliphatic carboxylic acids is 1. The van der Waals surface area contributed by atoms with Crippen LogP contribution in [-0.2, 0) is 9.59 Å². The highest BCUT2D eigenvalue weighted by molar-refractivity contribution is 8.17. The summed E-state index contributed by atoms with van der Waals surface area (Å²) < 4.78 is 0.189. The standard InChI is InChI=1S/C17H19NO4S2/c1-9(19)14-15-13(8-12(17(21)22)18(15)16(14)20)24-10(2)23-11-6-4-3-5-7-11/h3-10,13-15,19H,1-2H3,(H,21,22)/t9-,10?,13-,14-,15-/m1/s1. The highest BCUT2D eigenvalue weighted by atomic mass is 32.2. The first-order valence-electron chi connectivity index (χ1n) is 7.73. The molecule has 0 saturated carbocycles. The van der Waals surface area contributed by atoms with Gasteiger partial charge in [0, 0.05) is 10.1 Å². The summed E-state index contributed by atoms with van der Waals surface area (Å²) >= 11 is 3.33. The van der Waals surface area contributed by atoms with Gasteiger partial charge in [-0.05, 0) is 32.1 Å². The molecular weight excluding hydrogens is 346 g/mol. The van der Waals surface area contributed by atoms with Gasteiger partial charge in [0.2, 0.25) is 5.91 Å². The van der Waals surface area contributed by atoms with Crippen LogP contribution >= 0.6 is 23.5 Å². The number of carbonyl (C=O) groups is 2. The number of aliphatic hydroxyl groups excluding tert-OH is 1. The van der Waals surface area contributed by atoms with Crippen LogP contribution in [0.3, 0.4) is 0 Å². The van der Waals surface area contributed by atoms with Crippen LogP contribution < -0.4 is 0 Å². The van der Waals surface area contributed by atoms with Crippen molar-refractivity contribution in [3.63, 3.8) is 0 Å². The maximum Gasteiger partial charge on any atom is 0.352 e. The summed E-state index contributed by atoms with van der Waals surface area (Å²) in [5, 5.41) is 19.1. The van der Waals surface area contributed by atoms with E-state index in [2.05, 4.69) is 6.92 Å². The van der Waals surface area contributed by atoms with Crippen LogP contribution in [-0.4, -0.2) is 49.0 Å². The van der Waals surface area contributed by atoms with Gasteiger partial charge >= 0.3 is 5.97 Å². The zero-order chi connectivity index (χ0) is 17.4. The Hall–Kier alpha value is -1.44. The Bertz CT molecular complexity index is 676. The predicted molar refractivity (Wildman–Crippen MR) is 94.7 cm³/mol. The molecule has 3 rings (SSSR count). The minimum absolute atomic E-state index is 0.0383. The number of carboxylic acids is 1. The molecule has 0 aliphatic carbocycles. The number of amides is 1. The molecule has 1 fully saturated rings. The first-order chi connectivity index (χ1) is 11.4. The Balaban J connectivity index is 1.73. The van der Waals surface area contributed by atoms with Crippen molar-refractivity contribution in [1.29, 1.82) is 0 Å². The molecule has 1 aromatic carbocycles. The number of carbonyl (C=O) groups excluding carboxylic acids is 1. The Kier molecular flexibility index (Phi) is 4.94. The average molecular weight is 365 g/mol. The normalized spacial score (nSPS) is 28.0. The van der Waals surface area contributed by atoms with Crippen LogP contribution in [0.4, 0.5) is 0 Å². The molecular formula is C17H19NO4S2. The van der Waals surface area contributed by atoms with Crippen molar-refractivity contribution < 1.29 is 19.8 Å². The second-order valence-corrected chi connectivity index (χ2v) is 9.16. The van der Waals surface area contributed by atoms with Crippen molar-refractivity contribution in [2.75, 3.05) is 0 Å². The first kappa shape index (κ1) is 17.4. The second-order valence-electron chi connectivity index (χ2n) is 5.92. The van der Waals surface area contributed by atoms with Gasteiger partial charge < -0.3 is 15.1 Å². The van der Waals surface area contributed by atoms with Crippen molar-refractivity contribution in [3.05, 3.63) is 42.1 Å². The van der Waals surface area contributed by atoms with Gasteiger partial charge in [-0.1, -0.05) is 18.2 Å². The van der Waals surface area contributed by atoms with E-state index in [9.17, 15) is 19.8 Å². The van der Waals surface area contributed by atoms with E-state index in [1.165, 1.54) is 4.90 Å². The third-order valence-corrected chi connectivity index (χ3v) is 6.85. The molecule has 24 heavy (non-hydrogen) atoms. The van der Waals surface area contributed by atoms with Crippen LogP contribution in [0.15, 0.2) is 47.0 Å². The third-order valence-electron chi connectivity index (χ3n) is 4.24. The molecule has 1 saturated heterocycles. The van der Waals surface area contributed by atoms with Gasteiger partial charge in [-0.3, -0.25) is 4.79 Å². The van der Waals surface area contributed by atoms with Crippen LogP contribution in [0.5, 0.6) is 0 Å². The number of hydrogen-bond donors (Lipinski definition) is 2. The summed E-state index contributed by atoms with van der Waals surface area (Å²) in [5.41, 5.74) is 0.0383. The number of rotatable bonds is 6. The number of nitrogens with zero attached hydrogens (tertiary/aromatic N) is 1. The number of hydrogen-bond acceptors (Lipinski definition) is 5. The number of benzene rings is 1. The third kappa shape index (κ3) is 3.08. The molecule has 0 radical (unpaired) electrons. The molecule has 2 aliphatic heterocycles. The van der Waals surface area contributed by atoms with Gasteiger partial charge in [0.1, 0.15) is 5.70 Å². The minimum Gasteiger partial charge on any atom is -0.477 e. The van der Waals surface area contributed by atoms with Gasteiger partial charge in [-0.15, -0.1) is 23.5 Å². The Morgan fingerprint density at radius 2 is 1.92 bits per heavy atom. The molecule has 5 atom stereocenters. The highest BCUT2D eigenvalue weighted by Gasteiger charge is 2.58. The van der Waals surface area contributed by atoms with Crippen molar-refractivity contribution in [3.8, 4) is 0 Å². The van der Waals surface area contributed by atoms with Gasteiger partial charge in [-0.25, -0.2) is 4.79 Å². The lowest BCUT2D eigenvalue weighted by molar-refractivity contribution is -0.160. The molecule has 5 nitrogen and oxygen atoms in total. The minimum atomic E-state index is -1.09. The van der Waals surface area contributed by atoms with E-state index >= 15 is 0 Å². The summed E-state index contributed by atoms with van der Waals surface area (Å²) in [6.07, 6.45) is 0.875. The smallest absolute Gasteiger partial charge is 0.352 e. The molecule has 0 aromatic heterocycles. The number of aliphatic hydroxyl groups is 1. The van der Waals surface area contributed by atoms with Gasteiger partial charge in [0.05, 0.1) is 22.6 Å². The Labute approximate surface area is 149 Å². The van der Waals surface area contributed by atoms with E-state index in [1.54, 1.807) is 36.5 Å². The van der Waals surface area contributed by atoms with E-state index in [-0.39, 0.29) is 27.5 Å². The highest BCUT2D eigenvalue weighted by Crippen LogP contribution is 2.47. The fourth-order valence-corrected chi connectivity index (χ4v) is 5.96. The number of β-lactam (4-membered cyclic amide) rings is 1. The van der Waals surface area contributed by atoms with Crippen LogP contribution in [0.2, 0.25) is 0 Å². The van der Waals surface area contributed by atoms with Crippen molar-refractivity contribution in [2.24, 2.45) is 5.92 Å². The quantitative estimate of drug-likeness (QED) is 0.458. The molecule has 1 aromatic rings. The summed E-state index contributed by atoms with van der Waals surface area (Å²) in [4.78, 5) is 26.0. The molecule has 128 valence electrons. The van der Waals surface area contributed by atoms with Crippen LogP contribution in [0.25, 0.3) is 0 Å². The van der Waals surface area contributed by atoms with Crippen LogP contribution in [0, 0.1) is 5.92 Å². The maximum absolute atomic E-state index is 12.2. The molecule has 0 bridgehead atoms. The molecule has 2 heterocycles. The summed E-state index contributed by atoms with van der Waals surface area (Å²) in [7, 11) is 0. The largest absolute Gasteiger partial charge is 0.477 e. The first-order valence-corrected chi connectivity index (χ1v) is 9.56. The summed E-state index contributed by atoms with van der Waals surface area (Å²) in [6, 6.07) is 9.72. The maximum atomic E-state index is 12.2. The number of thioether (sulfide) groups is 2. The Morgan fingerprint density at radius 1 is 1.25 bits per heavy atom. The van der Waals surface area contributed by atoms with Crippen molar-refractivity contribution in [2.45, 2.75) is 40.7 Å². The number of fused-ring (bicyclic) bond motifs is 1. The topological polar surface area (TPSA) is 77.8 Å². The predicted octanol–water partition coefficient (Wildman–Crippen LogP) is 2.42. The van der Waals surface area contributed by atoms with Gasteiger partial charge in [0.15, 0.2) is 0 Å². The van der Waals surface area contributed by atoms with Crippen LogP contribution in [0.1, 0.15) is 13.8 Å². The number of carboxylic acid groups (broad SMARTS) is 1. The van der Waals surface area contributed by atoms with Gasteiger partial charge in [-0.2, -0.15) is 0 Å². The fraction of sp³-hybridized carbons (Fsp3) is 0.412. The summed E-state index contributed by atoms with van der Waals surface area (Å²) in [6.45, 7) is 3.65. The lowest BCUT2D eigenvalue weighted by Gasteiger charge is -2.47. The van der Waals surface area contributed by atoms with E-state index in [0.29, 0.717) is 0 Å². The zero-order valence-corrected chi connectivity index (χ0v) is 15.0. The molecule has 7 heteroatoms. The summed E-state index contributed by atoms with van der Waals surface area (Å²) in [5.74, 6) is -1.91. The van der Waals surface area contributed by atoms with Crippen molar-refractivity contribution >= 4 is 35.4 Å². The van der Waals surface area contributed by atoms with Crippen molar-refractivity contribution in [1.82, 2.24) is 4.90 Å². The Morgan fingerprint density at radius 3 is 2.50 bits per heavy atom. The van der Waals surface area contributed by atoms with E-state index in [0.717, 1.165) is 4.90 Å².